The lowest BCUT2D eigenvalue weighted by Crippen LogP contribution is -2.28. The standard InChI is InChI=1S/C11H16N6O/c1-16(11(18)10-7-12-15-14-10)5-3-4-9-6-13-17(2)8-9/h6-8H,3-5H2,1-2H3,(H,12,14,15). The molecule has 0 bridgehead atoms. The number of aromatic amines is 1. The van der Waals surface area contributed by atoms with E-state index in [0.29, 0.717) is 12.2 Å². The van der Waals surface area contributed by atoms with Crippen LogP contribution in [-0.4, -0.2) is 49.6 Å². The van der Waals surface area contributed by atoms with E-state index in [4.69, 9.17) is 0 Å². The summed E-state index contributed by atoms with van der Waals surface area (Å²) in [6.07, 6.45) is 7.06. The molecule has 0 aromatic carbocycles. The van der Waals surface area contributed by atoms with Gasteiger partial charge in [0.15, 0.2) is 5.69 Å². The fourth-order valence-corrected chi connectivity index (χ4v) is 1.72. The lowest BCUT2D eigenvalue weighted by Gasteiger charge is -2.14. The molecule has 7 nitrogen and oxygen atoms in total. The summed E-state index contributed by atoms with van der Waals surface area (Å²) in [5.41, 5.74) is 1.53. The summed E-state index contributed by atoms with van der Waals surface area (Å²) in [6, 6.07) is 0. The molecule has 0 unspecified atom stereocenters. The molecule has 0 saturated carbocycles. The lowest BCUT2D eigenvalue weighted by atomic mass is 10.2. The predicted molar refractivity (Wildman–Crippen MR) is 64.9 cm³/mol. The SMILES string of the molecule is CN(CCCc1cnn(C)c1)C(=O)c1cn[nH]n1. The fraction of sp³-hybridized carbons (Fsp3) is 0.455. The van der Waals surface area contributed by atoms with Gasteiger partial charge in [-0.2, -0.15) is 20.5 Å². The van der Waals surface area contributed by atoms with Gasteiger partial charge in [-0.05, 0) is 18.4 Å². The van der Waals surface area contributed by atoms with Crippen molar-refractivity contribution in [3.8, 4) is 0 Å². The number of rotatable bonds is 5. The second kappa shape index (κ2) is 5.44. The van der Waals surface area contributed by atoms with Crippen LogP contribution in [0.2, 0.25) is 0 Å². The van der Waals surface area contributed by atoms with Gasteiger partial charge in [-0.1, -0.05) is 0 Å². The summed E-state index contributed by atoms with van der Waals surface area (Å²) in [5.74, 6) is -0.116. The molecule has 0 aliphatic heterocycles. The normalized spacial score (nSPS) is 10.6. The van der Waals surface area contributed by atoms with Crippen LogP contribution in [0.15, 0.2) is 18.6 Å². The summed E-state index contributed by atoms with van der Waals surface area (Å²) in [6.45, 7) is 0.681. The number of hydrogen-bond acceptors (Lipinski definition) is 4. The number of nitrogens with one attached hydrogen (secondary N) is 1. The molecule has 1 amide bonds. The zero-order valence-corrected chi connectivity index (χ0v) is 10.5. The third kappa shape index (κ3) is 2.93. The van der Waals surface area contributed by atoms with E-state index in [0.717, 1.165) is 12.8 Å². The van der Waals surface area contributed by atoms with Crippen molar-refractivity contribution in [3.63, 3.8) is 0 Å². The third-order valence-corrected chi connectivity index (χ3v) is 2.70. The van der Waals surface area contributed by atoms with Crippen LogP contribution in [0.25, 0.3) is 0 Å². The molecule has 2 rings (SSSR count). The van der Waals surface area contributed by atoms with Crippen LogP contribution in [-0.2, 0) is 13.5 Å². The molecule has 0 radical (unpaired) electrons. The molecule has 0 spiro atoms. The second-order valence-corrected chi connectivity index (χ2v) is 4.21. The van der Waals surface area contributed by atoms with E-state index in [9.17, 15) is 4.79 Å². The first-order valence-electron chi connectivity index (χ1n) is 5.75. The Morgan fingerprint density at radius 2 is 2.33 bits per heavy atom. The number of aryl methyl sites for hydroxylation is 2. The number of aromatic nitrogens is 5. The molecule has 7 heteroatoms. The first kappa shape index (κ1) is 12.3. The van der Waals surface area contributed by atoms with E-state index in [1.165, 1.54) is 11.8 Å². The Hall–Kier alpha value is -2.18. The van der Waals surface area contributed by atoms with Gasteiger partial charge in [-0.3, -0.25) is 9.48 Å². The average Bonchev–Trinajstić information content (AvgIpc) is 2.99. The molecule has 2 heterocycles. The molecular formula is C11H16N6O. The monoisotopic (exact) mass is 248 g/mol. The van der Waals surface area contributed by atoms with Crippen LogP contribution in [0.4, 0.5) is 0 Å². The highest BCUT2D eigenvalue weighted by atomic mass is 16.2. The van der Waals surface area contributed by atoms with Crippen molar-refractivity contribution in [3.05, 3.63) is 29.8 Å². The summed E-state index contributed by atoms with van der Waals surface area (Å²) >= 11 is 0. The van der Waals surface area contributed by atoms with Crippen molar-refractivity contribution < 1.29 is 4.79 Å². The van der Waals surface area contributed by atoms with Gasteiger partial charge < -0.3 is 4.90 Å². The number of carbonyl (C=O) groups excluding carboxylic acids is 1. The van der Waals surface area contributed by atoms with Crippen molar-refractivity contribution in [1.29, 1.82) is 0 Å². The molecule has 2 aromatic rings. The molecule has 18 heavy (non-hydrogen) atoms. The van der Waals surface area contributed by atoms with E-state index in [2.05, 4.69) is 20.5 Å². The van der Waals surface area contributed by atoms with Gasteiger partial charge in [0, 0.05) is 26.8 Å². The van der Waals surface area contributed by atoms with Crippen LogP contribution >= 0.6 is 0 Å². The molecule has 96 valence electrons. The Balaban J connectivity index is 1.78. The van der Waals surface area contributed by atoms with Crippen LogP contribution in [0.1, 0.15) is 22.5 Å². The van der Waals surface area contributed by atoms with Crippen molar-refractivity contribution in [2.75, 3.05) is 13.6 Å². The fourth-order valence-electron chi connectivity index (χ4n) is 1.72. The Labute approximate surface area is 105 Å². The minimum atomic E-state index is -0.116. The van der Waals surface area contributed by atoms with E-state index < -0.39 is 0 Å². The van der Waals surface area contributed by atoms with Crippen LogP contribution < -0.4 is 0 Å². The maximum Gasteiger partial charge on any atom is 0.275 e. The Bertz CT molecular complexity index is 503. The van der Waals surface area contributed by atoms with Crippen LogP contribution in [0, 0.1) is 0 Å². The van der Waals surface area contributed by atoms with E-state index in [1.807, 2.05) is 19.4 Å². The summed E-state index contributed by atoms with van der Waals surface area (Å²) in [4.78, 5) is 13.5. The molecule has 1 N–H and O–H groups in total. The predicted octanol–water partition coefficient (Wildman–Crippen LogP) is 0.243. The number of hydrogen-bond donors (Lipinski definition) is 1. The van der Waals surface area contributed by atoms with Gasteiger partial charge in [0.1, 0.15) is 0 Å². The molecule has 0 atom stereocenters. The molecule has 2 aromatic heterocycles. The third-order valence-electron chi connectivity index (χ3n) is 2.70. The van der Waals surface area contributed by atoms with Gasteiger partial charge in [-0.25, -0.2) is 0 Å². The molecular weight excluding hydrogens is 232 g/mol. The highest BCUT2D eigenvalue weighted by Crippen LogP contribution is 2.03. The van der Waals surface area contributed by atoms with Crippen molar-refractivity contribution in [1.82, 2.24) is 30.1 Å². The minimum absolute atomic E-state index is 0.116. The maximum atomic E-state index is 11.8. The summed E-state index contributed by atoms with van der Waals surface area (Å²) in [7, 11) is 3.66. The number of carbonyl (C=O) groups is 1. The molecule has 0 aliphatic rings. The van der Waals surface area contributed by atoms with Gasteiger partial charge in [0.2, 0.25) is 0 Å². The Morgan fingerprint density at radius 3 is 2.94 bits per heavy atom. The Kier molecular flexibility index (Phi) is 3.71. The first-order valence-corrected chi connectivity index (χ1v) is 5.75. The van der Waals surface area contributed by atoms with Gasteiger partial charge in [0.05, 0.1) is 12.4 Å². The van der Waals surface area contributed by atoms with Crippen molar-refractivity contribution in [2.45, 2.75) is 12.8 Å². The summed E-state index contributed by atoms with van der Waals surface area (Å²) in [5, 5.41) is 13.9. The highest BCUT2D eigenvalue weighted by molar-refractivity contribution is 5.91. The minimum Gasteiger partial charge on any atom is -0.340 e. The lowest BCUT2D eigenvalue weighted by molar-refractivity contribution is 0.0787. The quantitative estimate of drug-likeness (QED) is 0.822. The molecule has 0 saturated heterocycles. The van der Waals surface area contributed by atoms with Gasteiger partial charge >= 0.3 is 0 Å². The molecule has 0 aliphatic carbocycles. The zero-order chi connectivity index (χ0) is 13.0. The average molecular weight is 248 g/mol. The first-order chi connectivity index (χ1) is 8.66. The van der Waals surface area contributed by atoms with E-state index in [-0.39, 0.29) is 5.91 Å². The van der Waals surface area contributed by atoms with Gasteiger partial charge in [0.25, 0.3) is 5.91 Å². The highest BCUT2D eigenvalue weighted by Gasteiger charge is 2.13. The number of nitrogens with zero attached hydrogens (tertiary/aromatic N) is 5. The van der Waals surface area contributed by atoms with Crippen molar-refractivity contribution >= 4 is 5.91 Å². The van der Waals surface area contributed by atoms with E-state index >= 15 is 0 Å². The van der Waals surface area contributed by atoms with Gasteiger partial charge in [-0.15, -0.1) is 0 Å². The van der Waals surface area contributed by atoms with E-state index in [1.54, 1.807) is 16.6 Å². The number of H-pyrrole nitrogens is 1. The summed E-state index contributed by atoms with van der Waals surface area (Å²) < 4.78 is 1.78. The van der Waals surface area contributed by atoms with Crippen LogP contribution in [0.3, 0.4) is 0 Å². The molecule has 0 fully saturated rings. The smallest absolute Gasteiger partial charge is 0.275 e. The number of amides is 1. The Morgan fingerprint density at radius 1 is 1.50 bits per heavy atom. The largest absolute Gasteiger partial charge is 0.340 e. The topological polar surface area (TPSA) is 79.7 Å². The maximum absolute atomic E-state index is 11.8. The second-order valence-electron chi connectivity index (χ2n) is 4.21. The van der Waals surface area contributed by atoms with Crippen LogP contribution in [0.5, 0.6) is 0 Å². The van der Waals surface area contributed by atoms with Crippen molar-refractivity contribution in [2.24, 2.45) is 7.05 Å². The zero-order valence-electron chi connectivity index (χ0n) is 10.5.